The monoisotopic (exact) mass is 220 g/mol. The maximum Gasteiger partial charge on any atom is 0.287 e. The van der Waals surface area contributed by atoms with E-state index in [0.29, 0.717) is 22.9 Å². The molecule has 0 spiro atoms. The molecule has 1 aromatic heterocycles. The van der Waals surface area contributed by atoms with Gasteiger partial charge in [0.05, 0.1) is 0 Å². The van der Waals surface area contributed by atoms with Gasteiger partial charge in [0.15, 0.2) is 0 Å². The summed E-state index contributed by atoms with van der Waals surface area (Å²) in [6.07, 6.45) is 0.587. The van der Waals surface area contributed by atoms with Crippen molar-refractivity contribution in [2.45, 2.75) is 0 Å². The first-order chi connectivity index (χ1) is 7.86. The first kappa shape index (κ1) is 10.3. The Balaban J connectivity index is 2.39. The molecular weight excluding hydrogens is 212 g/mol. The molecule has 16 heavy (non-hydrogen) atoms. The molecular formula is C10H8N2O4. The lowest BCUT2D eigenvalue weighted by molar-refractivity contribution is -0.111. The summed E-state index contributed by atoms with van der Waals surface area (Å²) in [4.78, 5) is 25.4. The fourth-order valence-electron chi connectivity index (χ4n) is 1.34. The van der Waals surface area contributed by atoms with Crippen molar-refractivity contribution in [2.75, 3.05) is 12.1 Å². The number of nitrogens with zero attached hydrogens (tertiary/aromatic N) is 1. The molecule has 0 atom stereocenters. The van der Waals surface area contributed by atoms with Gasteiger partial charge >= 0.3 is 0 Å². The Kier molecular flexibility index (Phi) is 2.93. The van der Waals surface area contributed by atoms with Gasteiger partial charge in [0, 0.05) is 10.6 Å². The number of rotatable bonds is 5. The zero-order valence-electron chi connectivity index (χ0n) is 8.17. The summed E-state index contributed by atoms with van der Waals surface area (Å²) in [5.74, 6) is -0.105. The fourth-order valence-corrected chi connectivity index (χ4v) is 1.34. The number of benzene rings is 1. The predicted octanol–water partition coefficient (Wildman–Crippen LogP) is 2.37. The second-order valence-electron chi connectivity index (χ2n) is 2.95. The van der Waals surface area contributed by atoms with E-state index in [9.17, 15) is 9.70 Å². The standard InChI is InChI=1S/C10H8N2O4/c13-5-6-15-12-9-7-3-1-2-4-8(7)16-10(9)11-14/h1-5,12H,6H2. The number of carbonyl (C=O) groups excluding carboxylic acids is 1. The minimum atomic E-state index is -0.127. The van der Waals surface area contributed by atoms with Crippen LogP contribution in [0.3, 0.4) is 0 Å². The van der Waals surface area contributed by atoms with E-state index in [1.165, 1.54) is 0 Å². The van der Waals surface area contributed by atoms with Crippen LogP contribution in [-0.4, -0.2) is 12.9 Å². The van der Waals surface area contributed by atoms with E-state index in [2.05, 4.69) is 10.7 Å². The number of para-hydroxylation sites is 1. The number of fused-ring (bicyclic) bond motifs is 1. The Bertz CT molecular complexity index is 521. The molecule has 0 aliphatic rings. The lowest BCUT2D eigenvalue weighted by atomic mass is 10.2. The van der Waals surface area contributed by atoms with E-state index in [1.807, 2.05) is 0 Å². The van der Waals surface area contributed by atoms with Crippen molar-refractivity contribution < 1.29 is 14.0 Å². The van der Waals surface area contributed by atoms with E-state index < -0.39 is 0 Å². The average molecular weight is 220 g/mol. The Morgan fingerprint density at radius 1 is 1.44 bits per heavy atom. The molecule has 0 amide bonds. The summed E-state index contributed by atoms with van der Waals surface area (Å²) in [6.45, 7) is -0.127. The molecule has 0 saturated carbocycles. The fraction of sp³-hybridized carbons (Fsp3) is 0.100. The molecule has 0 aliphatic heterocycles. The SMILES string of the molecule is O=CCONc1c(N=O)oc2ccccc12. The number of hydrogen-bond donors (Lipinski definition) is 1. The van der Waals surface area contributed by atoms with Gasteiger partial charge in [-0.05, 0) is 12.1 Å². The minimum absolute atomic E-state index is 0.105. The summed E-state index contributed by atoms with van der Waals surface area (Å²) in [7, 11) is 0. The molecule has 1 aromatic carbocycles. The first-order valence-electron chi connectivity index (χ1n) is 4.53. The average Bonchev–Trinajstić information content (AvgIpc) is 2.68. The van der Waals surface area contributed by atoms with Crippen molar-refractivity contribution in [3.05, 3.63) is 29.2 Å². The number of hydrogen-bond acceptors (Lipinski definition) is 6. The molecule has 0 radical (unpaired) electrons. The van der Waals surface area contributed by atoms with Gasteiger partial charge in [0.1, 0.15) is 24.2 Å². The summed E-state index contributed by atoms with van der Waals surface area (Å²) in [5.41, 5.74) is 3.32. The summed E-state index contributed by atoms with van der Waals surface area (Å²) in [6, 6.07) is 7.02. The van der Waals surface area contributed by atoms with Crippen molar-refractivity contribution >= 4 is 28.8 Å². The van der Waals surface area contributed by atoms with Gasteiger partial charge in [-0.15, -0.1) is 4.91 Å². The molecule has 1 N–H and O–H groups in total. The number of aldehydes is 1. The van der Waals surface area contributed by atoms with Crippen LogP contribution < -0.4 is 5.48 Å². The number of furan rings is 1. The quantitative estimate of drug-likeness (QED) is 0.362. The molecule has 6 heteroatoms. The highest BCUT2D eigenvalue weighted by Gasteiger charge is 2.14. The number of carbonyl (C=O) groups is 1. The third kappa shape index (κ3) is 1.78. The lowest BCUT2D eigenvalue weighted by Crippen LogP contribution is -2.02. The molecule has 0 saturated heterocycles. The van der Waals surface area contributed by atoms with E-state index in [4.69, 9.17) is 9.25 Å². The van der Waals surface area contributed by atoms with Crippen LogP contribution in [0.15, 0.2) is 33.9 Å². The van der Waals surface area contributed by atoms with Crippen LogP contribution in [0.25, 0.3) is 11.0 Å². The normalized spacial score (nSPS) is 10.2. The van der Waals surface area contributed by atoms with Crippen LogP contribution in [-0.2, 0) is 9.63 Å². The second kappa shape index (κ2) is 4.54. The first-order valence-corrected chi connectivity index (χ1v) is 4.53. The van der Waals surface area contributed by atoms with Crippen LogP contribution in [0, 0.1) is 4.91 Å². The highest BCUT2D eigenvalue weighted by atomic mass is 16.6. The highest BCUT2D eigenvalue weighted by molar-refractivity contribution is 5.95. The van der Waals surface area contributed by atoms with Crippen molar-refractivity contribution in [2.24, 2.45) is 5.18 Å². The molecule has 6 nitrogen and oxygen atoms in total. The van der Waals surface area contributed by atoms with Crippen LogP contribution >= 0.6 is 0 Å². The Morgan fingerprint density at radius 2 is 2.25 bits per heavy atom. The molecule has 2 rings (SSSR count). The minimum Gasteiger partial charge on any atom is -0.434 e. The van der Waals surface area contributed by atoms with Gasteiger partial charge in [-0.2, -0.15) is 0 Å². The number of nitroso groups, excluding NO2 is 1. The van der Waals surface area contributed by atoms with Gasteiger partial charge in [-0.1, -0.05) is 12.1 Å². The van der Waals surface area contributed by atoms with Gasteiger partial charge in [0.2, 0.25) is 0 Å². The second-order valence-corrected chi connectivity index (χ2v) is 2.95. The van der Waals surface area contributed by atoms with E-state index in [1.54, 1.807) is 24.3 Å². The van der Waals surface area contributed by atoms with Gasteiger partial charge in [-0.25, -0.2) is 0 Å². The summed E-state index contributed by atoms with van der Waals surface area (Å²) in [5, 5.41) is 3.41. The topological polar surface area (TPSA) is 80.9 Å². The number of nitrogens with one attached hydrogen (secondary N) is 1. The maximum atomic E-state index is 10.5. The van der Waals surface area contributed by atoms with Crippen molar-refractivity contribution in [1.29, 1.82) is 0 Å². The van der Waals surface area contributed by atoms with Crippen LogP contribution in [0.5, 0.6) is 0 Å². The summed E-state index contributed by atoms with van der Waals surface area (Å²) >= 11 is 0. The zero-order valence-corrected chi connectivity index (χ0v) is 8.17. The van der Waals surface area contributed by atoms with Crippen LogP contribution in [0.2, 0.25) is 0 Å². The largest absolute Gasteiger partial charge is 0.434 e. The molecule has 0 fully saturated rings. The molecule has 82 valence electrons. The van der Waals surface area contributed by atoms with Gasteiger partial charge in [-0.3, -0.25) is 10.3 Å². The predicted molar refractivity (Wildman–Crippen MR) is 57.3 cm³/mol. The third-order valence-electron chi connectivity index (χ3n) is 1.99. The van der Waals surface area contributed by atoms with E-state index in [0.717, 1.165) is 0 Å². The summed E-state index contributed by atoms with van der Waals surface area (Å²) < 4.78 is 5.17. The zero-order chi connectivity index (χ0) is 11.4. The molecule has 0 bridgehead atoms. The molecule has 2 aromatic rings. The van der Waals surface area contributed by atoms with Gasteiger partial charge in [0.25, 0.3) is 5.88 Å². The van der Waals surface area contributed by atoms with E-state index in [-0.39, 0.29) is 12.5 Å². The van der Waals surface area contributed by atoms with Crippen LogP contribution in [0.1, 0.15) is 0 Å². The molecule has 0 unspecified atom stereocenters. The smallest absolute Gasteiger partial charge is 0.287 e. The van der Waals surface area contributed by atoms with Crippen molar-refractivity contribution in [1.82, 2.24) is 0 Å². The maximum absolute atomic E-state index is 10.5. The van der Waals surface area contributed by atoms with Crippen LogP contribution in [0.4, 0.5) is 11.6 Å². The Hall–Kier alpha value is -2.21. The molecule has 1 heterocycles. The lowest BCUT2D eigenvalue weighted by Gasteiger charge is -2.01. The van der Waals surface area contributed by atoms with Crippen molar-refractivity contribution in [3.8, 4) is 0 Å². The Labute approximate surface area is 90.1 Å². The number of anilines is 1. The Morgan fingerprint density at radius 3 is 3.00 bits per heavy atom. The highest BCUT2D eigenvalue weighted by Crippen LogP contribution is 2.36. The molecule has 0 aliphatic carbocycles. The van der Waals surface area contributed by atoms with Crippen molar-refractivity contribution in [3.63, 3.8) is 0 Å². The third-order valence-corrected chi connectivity index (χ3v) is 1.99. The van der Waals surface area contributed by atoms with E-state index >= 15 is 0 Å². The van der Waals surface area contributed by atoms with Gasteiger partial charge < -0.3 is 9.21 Å².